The smallest absolute Gasteiger partial charge is 0.335 e. The van der Waals surface area contributed by atoms with Crippen LogP contribution in [0, 0.1) is 34.5 Å². The molecule has 2 aliphatic heterocycles. The summed E-state index contributed by atoms with van der Waals surface area (Å²) in [5, 5.41) is 23.2. The second kappa shape index (κ2) is 7.83. The van der Waals surface area contributed by atoms with Gasteiger partial charge in [0.1, 0.15) is 18.3 Å². The lowest BCUT2D eigenvalue weighted by molar-refractivity contribution is -0.331. The molecule has 11 atom stereocenters. The summed E-state index contributed by atoms with van der Waals surface area (Å²) < 4.78 is 26.2. The number of aliphatic hydroxyl groups excluding tert-OH is 2. The summed E-state index contributed by atoms with van der Waals surface area (Å²) in [6, 6.07) is 0. The number of carbonyl (C=O) groups excluding carboxylic acids is 2. The summed E-state index contributed by atoms with van der Waals surface area (Å²) in [4.78, 5) is 26.6. The van der Waals surface area contributed by atoms with E-state index in [1.807, 2.05) is 13.8 Å². The first kappa shape index (κ1) is 26.7. The van der Waals surface area contributed by atoms with E-state index in [4.69, 9.17) is 18.3 Å². The number of hydrogen-bond donors (Lipinski definition) is 2. The molecule has 5 rings (SSSR count). The Kier molecular flexibility index (Phi) is 5.81. The van der Waals surface area contributed by atoms with Gasteiger partial charge in [-0.1, -0.05) is 19.4 Å². The maximum absolute atomic E-state index is 13.7. The first-order valence-electron chi connectivity index (χ1n) is 13.2. The van der Waals surface area contributed by atoms with Gasteiger partial charge in [-0.25, -0.2) is 4.79 Å². The molecule has 0 unspecified atom stereocenters. The zero-order chi connectivity index (χ0) is 26.8. The van der Waals surface area contributed by atoms with Crippen LogP contribution in [0.25, 0.3) is 0 Å². The molecule has 1 spiro atoms. The highest BCUT2D eigenvalue weighted by Gasteiger charge is 2.84. The van der Waals surface area contributed by atoms with Crippen LogP contribution in [0.4, 0.5) is 0 Å². The van der Waals surface area contributed by atoms with Crippen molar-refractivity contribution in [1.82, 2.24) is 0 Å². The first-order valence-corrected chi connectivity index (χ1v) is 20.0. The van der Waals surface area contributed by atoms with Gasteiger partial charge in [0.05, 0.1) is 6.61 Å². The fraction of sp³-hybridized carbons (Fsp3) is 0.846. The highest BCUT2D eigenvalue weighted by atomic mass is 28.4. The van der Waals surface area contributed by atoms with Gasteiger partial charge in [0.2, 0.25) is 0 Å². The van der Waals surface area contributed by atoms with Crippen molar-refractivity contribution in [3.05, 3.63) is 11.6 Å². The number of ketones is 1. The summed E-state index contributed by atoms with van der Waals surface area (Å²) in [7, 11) is -4.50. The number of fused-ring (bicyclic) bond motifs is 1. The third-order valence-electron chi connectivity index (χ3n) is 9.53. The topological polar surface area (TPSA) is 112 Å². The van der Waals surface area contributed by atoms with Crippen LogP contribution in [-0.4, -0.2) is 75.4 Å². The predicted octanol–water partition coefficient (Wildman–Crippen LogP) is 2.86. The second-order valence-electron chi connectivity index (χ2n) is 14.0. The highest BCUT2D eigenvalue weighted by molar-refractivity contribution is 6.70. The number of carbonyl (C=O) groups is 2. The van der Waals surface area contributed by atoms with Crippen molar-refractivity contribution >= 4 is 28.4 Å². The average molecular weight is 539 g/mol. The van der Waals surface area contributed by atoms with Crippen LogP contribution >= 0.6 is 0 Å². The van der Waals surface area contributed by atoms with E-state index >= 15 is 0 Å². The van der Waals surface area contributed by atoms with Crippen LogP contribution in [0.15, 0.2) is 11.6 Å². The Hall–Kier alpha value is -0.886. The van der Waals surface area contributed by atoms with Crippen molar-refractivity contribution in [2.24, 2.45) is 34.5 Å². The van der Waals surface area contributed by atoms with Gasteiger partial charge in [-0.15, -0.1) is 0 Å². The summed E-state index contributed by atoms with van der Waals surface area (Å²) in [6.07, 6.45) is -1.55. The van der Waals surface area contributed by atoms with E-state index in [-0.39, 0.29) is 18.3 Å². The van der Waals surface area contributed by atoms with Crippen molar-refractivity contribution in [3.8, 4) is 0 Å². The third kappa shape index (κ3) is 3.34. The lowest BCUT2D eigenvalue weighted by atomic mass is 9.38. The molecule has 8 nitrogen and oxygen atoms in total. The molecule has 2 saturated carbocycles. The molecular weight excluding hydrogens is 496 g/mol. The number of aliphatic hydroxyl groups is 2. The Labute approximate surface area is 216 Å². The fourth-order valence-corrected chi connectivity index (χ4v) is 11.1. The summed E-state index contributed by atoms with van der Waals surface area (Å²) in [6.45, 7) is 18.5. The van der Waals surface area contributed by atoms with Gasteiger partial charge >= 0.3 is 5.97 Å². The number of hydrogen-bond acceptors (Lipinski definition) is 8. The van der Waals surface area contributed by atoms with Gasteiger partial charge in [-0.05, 0) is 70.5 Å². The molecular formula is C26H42O8Si2. The molecule has 2 bridgehead atoms. The normalized spacial score (nSPS) is 50.2. The largest absolute Gasteiger partial charge is 0.460 e. The summed E-state index contributed by atoms with van der Waals surface area (Å²) in [5.41, 5.74) is -0.691. The van der Waals surface area contributed by atoms with Gasteiger partial charge in [-0.3, -0.25) is 4.79 Å². The van der Waals surface area contributed by atoms with Crippen molar-refractivity contribution in [3.63, 3.8) is 0 Å². The van der Waals surface area contributed by atoms with E-state index in [1.165, 1.54) is 0 Å². The van der Waals surface area contributed by atoms with E-state index in [2.05, 4.69) is 46.2 Å². The van der Waals surface area contributed by atoms with Crippen LogP contribution in [-0.2, 0) is 27.9 Å². The van der Waals surface area contributed by atoms with Crippen LogP contribution in [0.5, 0.6) is 0 Å². The monoisotopic (exact) mass is 538 g/mol. The quantitative estimate of drug-likeness (QED) is 0.415. The minimum Gasteiger partial charge on any atom is -0.460 e. The minimum absolute atomic E-state index is 0.0795. The average Bonchev–Trinajstić information content (AvgIpc) is 3.02. The standard InChI is InChI=1S/C26H42O8Si2/c1-13-10-16(27)21(33-35(4,5)6)24(3)15(13)11-17-25-12-31-26(23(24)25,34-36(7,8)9)20(29)14(2)18(25)19(28)22(30)32-17/h10,14-15,17-21,23,28-29H,11-12H2,1-9H3/t14-,15+,17-,18-,19-,20-,21-,23-,24-,25+,26-/m1/s1. The zero-order valence-corrected chi connectivity index (χ0v) is 25.0. The SMILES string of the molecule is CC1=CC(=O)[C@@H](O[Si](C)(C)C)[C@]2(C)[C@H]3[C@@]4(O[Si](C)(C)C)OC[C@]35[C@H]([C@@H](C)[C@H]4O)[C@@H](O)C(=O)O[C@@H]5C[C@@H]12. The molecule has 10 heteroatoms. The van der Waals surface area contributed by atoms with Crippen molar-refractivity contribution in [1.29, 1.82) is 0 Å². The Balaban J connectivity index is 1.81. The zero-order valence-electron chi connectivity index (χ0n) is 23.0. The number of allylic oxidation sites excluding steroid dienone is 1. The molecule has 0 amide bonds. The maximum atomic E-state index is 13.7. The summed E-state index contributed by atoms with van der Waals surface area (Å²) in [5.74, 6) is -3.85. The Bertz CT molecular complexity index is 1020. The van der Waals surface area contributed by atoms with E-state index in [9.17, 15) is 19.8 Å². The van der Waals surface area contributed by atoms with Crippen LogP contribution < -0.4 is 0 Å². The van der Waals surface area contributed by atoms with E-state index in [0.717, 1.165) is 5.57 Å². The van der Waals surface area contributed by atoms with Crippen molar-refractivity contribution in [2.75, 3.05) is 6.61 Å². The van der Waals surface area contributed by atoms with Crippen LogP contribution in [0.3, 0.4) is 0 Å². The van der Waals surface area contributed by atoms with E-state index in [0.29, 0.717) is 6.42 Å². The maximum Gasteiger partial charge on any atom is 0.335 e. The molecule has 36 heavy (non-hydrogen) atoms. The summed E-state index contributed by atoms with van der Waals surface area (Å²) >= 11 is 0. The molecule has 2 saturated heterocycles. The molecule has 0 aromatic rings. The van der Waals surface area contributed by atoms with Crippen LogP contribution in [0.1, 0.15) is 27.2 Å². The third-order valence-corrected chi connectivity index (χ3v) is 11.4. The number of ether oxygens (including phenoxy) is 2. The first-order chi connectivity index (χ1) is 16.4. The van der Waals surface area contributed by atoms with Gasteiger partial charge in [-0.2, -0.15) is 0 Å². The predicted molar refractivity (Wildman–Crippen MR) is 137 cm³/mol. The number of esters is 1. The van der Waals surface area contributed by atoms with Crippen LogP contribution in [0.2, 0.25) is 39.3 Å². The van der Waals surface area contributed by atoms with Gasteiger partial charge in [0.15, 0.2) is 34.3 Å². The van der Waals surface area contributed by atoms with Gasteiger partial charge in [0.25, 0.3) is 0 Å². The fourth-order valence-electron chi connectivity index (χ4n) is 8.75. The van der Waals surface area contributed by atoms with E-state index < -0.39 is 81.4 Å². The molecule has 0 aromatic heterocycles. The molecule has 0 radical (unpaired) electrons. The Morgan fingerprint density at radius 3 is 2.31 bits per heavy atom. The van der Waals surface area contributed by atoms with Crippen molar-refractivity contribution in [2.45, 2.75) is 96.7 Å². The molecule has 4 fully saturated rings. The van der Waals surface area contributed by atoms with Crippen molar-refractivity contribution < 1.29 is 38.1 Å². The molecule has 2 N–H and O–H groups in total. The molecule has 3 aliphatic carbocycles. The minimum atomic E-state index is -2.31. The van der Waals surface area contributed by atoms with E-state index in [1.54, 1.807) is 6.08 Å². The lowest BCUT2D eigenvalue weighted by Crippen LogP contribution is -2.79. The lowest BCUT2D eigenvalue weighted by Gasteiger charge is -2.69. The molecule has 0 aromatic carbocycles. The van der Waals surface area contributed by atoms with Gasteiger partial charge < -0.3 is 28.5 Å². The molecule has 2 heterocycles. The number of rotatable bonds is 4. The molecule has 202 valence electrons. The highest BCUT2D eigenvalue weighted by Crippen LogP contribution is 2.74. The molecule has 5 aliphatic rings. The Morgan fingerprint density at radius 1 is 1.08 bits per heavy atom. The second-order valence-corrected chi connectivity index (χ2v) is 22.9. The Morgan fingerprint density at radius 2 is 1.72 bits per heavy atom. The van der Waals surface area contributed by atoms with Gasteiger partial charge in [0, 0.05) is 22.7 Å².